The van der Waals surface area contributed by atoms with Crippen molar-refractivity contribution in [2.45, 2.75) is 51.0 Å². The van der Waals surface area contributed by atoms with Gasteiger partial charge in [-0.15, -0.1) is 0 Å². The number of anilines is 2. The highest BCUT2D eigenvalue weighted by Gasteiger charge is 2.33. The number of aryl methyl sites for hydroxylation is 1. The fraction of sp³-hybridized carbons (Fsp3) is 0.370. The number of benzene rings is 1. The lowest BCUT2D eigenvalue weighted by Gasteiger charge is -2.30. The molecule has 3 aromatic heterocycles. The van der Waals surface area contributed by atoms with E-state index in [0.29, 0.717) is 30.0 Å². The van der Waals surface area contributed by atoms with Gasteiger partial charge in [0.1, 0.15) is 22.9 Å². The lowest BCUT2D eigenvalue weighted by molar-refractivity contribution is 0.132. The van der Waals surface area contributed by atoms with Crippen LogP contribution in [0.15, 0.2) is 36.7 Å². The molecular weight excluding hydrogens is 492 g/mol. The van der Waals surface area contributed by atoms with Gasteiger partial charge in [-0.3, -0.25) is 0 Å². The third kappa shape index (κ3) is 4.21. The second-order valence-electron chi connectivity index (χ2n) is 10.5. The molecule has 0 aliphatic carbocycles. The second-order valence-corrected chi connectivity index (χ2v) is 10.5. The quantitative estimate of drug-likeness (QED) is 0.369. The summed E-state index contributed by atoms with van der Waals surface area (Å²) < 4.78 is 32.0. The van der Waals surface area contributed by atoms with Crippen LogP contribution < -0.4 is 5.32 Å². The second kappa shape index (κ2) is 9.00. The molecule has 5 heterocycles. The Balaban J connectivity index is 1.25. The molecule has 1 saturated heterocycles. The smallest absolute Gasteiger partial charge is 0.407 e. The summed E-state index contributed by atoms with van der Waals surface area (Å²) in [6.07, 6.45) is 5.06. The Morgan fingerprint density at radius 3 is 2.58 bits per heavy atom. The van der Waals surface area contributed by atoms with Crippen LogP contribution in [0.5, 0.6) is 0 Å². The maximum Gasteiger partial charge on any atom is 0.407 e. The largest absolute Gasteiger partial charge is 0.465 e. The first-order valence-electron chi connectivity index (χ1n) is 12.6. The fourth-order valence-corrected chi connectivity index (χ4v) is 5.56. The standard InChI is InChI=1S/C27H27F2N7O2/c1-27(2)8-5-22-33-24-18(28)11-17(12-20(24)36(22)27)23-19(29)14-31-25(34-23)32-21-4-3-16(13-30-21)15-6-9-35(10-7-15)26(37)38/h3-4,11-15H,5-10H2,1-2H3,(H,37,38)(H,30,31,32,34). The SMILES string of the molecule is CC1(C)CCc2nc3c(F)cc(-c4nc(Nc5ccc(C6CCN(C(=O)O)CC6)cn5)ncc4F)cc3n21. The lowest BCUT2D eigenvalue weighted by Crippen LogP contribution is -2.36. The molecule has 0 unspecified atom stereocenters. The Hall–Kier alpha value is -4.15. The van der Waals surface area contributed by atoms with Gasteiger partial charge in [-0.05, 0) is 62.8 Å². The van der Waals surface area contributed by atoms with E-state index in [0.717, 1.165) is 43.3 Å². The van der Waals surface area contributed by atoms with E-state index in [4.69, 9.17) is 5.11 Å². The summed E-state index contributed by atoms with van der Waals surface area (Å²) in [6, 6.07) is 6.72. The van der Waals surface area contributed by atoms with Crippen molar-refractivity contribution in [1.29, 1.82) is 0 Å². The number of fused-ring (bicyclic) bond motifs is 3. The number of likely N-dealkylation sites (tertiary alicyclic amines) is 1. The van der Waals surface area contributed by atoms with Gasteiger partial charge in [0.05, 0.1) is 11.7 Å². The van der Waals surface area contributed by atoms with E-state index in [2.05, 4.69) is 39.1 Å². The van der Waals surface area contributed by atoms with Crippen LogP contribution in [0.4, 0.5) is 25.3 Å². The zero-order valence-corrected chi connectivity index (χ0v) is 21.1. The van der Waals surface area contributed by atoms with Crippen LogP contribution in [0.2, 0.25) is 0 Å². The molecule has 196 valence electrons. The van der Waals surface area contributed by atoms with Gasteiger partial charge < -0.3 is 19.9 Å². The van der Waals surface area contributed by atoms with Gasteiger partial charge in [0.15, 0.2) is 11.6 Å². The minimum Gasteiger partial charge on any atom is -0.465 e. The van der Waals surface area contributed by atoms with Crippen molar-refractivity contribution in [2.24, 2.45) is 0 Å². The minimum absolute atomic E-state index is 0.0172. The van der Waals surface area contributed by atoms with Crippen LogP contribution in [-0.2, 0) is 12.0 Å². The molecule has 11 heteroatoms. The van der Waals surface area contributed by atoms with Crippen molar-refractivity contribution >= 4 is 28.9 Å². The average molecular weight is 520 g/mol. The monoisotopic (exact) mass is 519 g/mol. The molecule has 38 heavy (non-hydrogen) atoms. The number of hydrogen-bond acceptors (Lipinski definition) is 6. The number of piperidine rings is 1. The van der Waals surface area contributed by atoms with Crippen molar-refractivity contribution < 1.29 is 18.7 Å². The zero-order chi connectivity index (χ0) is 26.6. The summed E-state index contributed by atoms with van der Waals surface area (Å²) in [5.74, 6) is 0.496. The number of hydrogen-bond donors (Lipinski definition) is 2. The highest BCUT2D eigenvalue weighted by atomic mass is 19.1. The van der Waals surface area contributed by atoms with E-state index < -0.39 is 17.7 Å². The van der Waals surface area contributed by atoms with E-state index in [1.165, 1.54) is 11.0 Å². The number of carbonyl (C=O) groups is 1. The number of nitrogens with one attached hydrogen (secondary N) is 1. The molecule has 1 fully saturated rings. The van der Waals surface area contributed by atoms with E-state index in [-0.39, 0.29) is 28.6 Å². The Bertz CT molecular complexity index is 1540. The summed E-state index contributed by atoms with van der Waals surface area (Å²) in [6.45, 7) is 5.16. The fourth-order valence-electron chi connectivity index (χ4n) is 5.56. The molecule has 0 spiro atoms. The molecule has 0 atom stereocenters. The van der Waals surface area contributed by atoms with E-state index >= 15 is 4.39 Å². The number of nitrogens with zero attached hydrogens (tertiary/aromatic N) is 6. The topological polar surface area (TPSA) is 109 Å². The Kier molecular flexibility index (Phi) is 5.73. The van der Waals surface area contributed by atoms with E-state index in [1.807, 2.05) is 10.6 Å². The van der Waals surface area contributed by atoms with Crippen LogP contribution in [0.25, 0.3) is 22.3 Å². The van der Waals surface area contributed by atoms with E-state index in [9.17, 15) is 9.18 Å². The molecule has 4 aromatic rings. The number of imidazole rings is 1. The van der Waals surface area contributed by atoms with Gasteiger partial charge in [0, 0.05) is 36.8 Å². The third-order valence-electron chi connectivity index (χ3n) is 7.63. The molecule has 9 nitrogen and oxygen atoms in total. The Morgan fingerprint density at radius 2 is 1.87 bits per heavy atom. The molecule has 2 aliphatic rings. The number of pyridine rings is 1. The maximum absolute atomic E-state index is 15.1. The predicted molar refractivity (Wildman–Crippen MR) is 137 cm³/mol. The van der Waals surface area contributed by atoms with Gasteiger partial charge in [-0.25, -0.2) is 33.5 Å². The molecule has 0 saturated carbocycles. The normalized spacial score (nSPS) is 17.1. The first-order valence-corrected chi connectivity index (χ1v) is 12.6. The van der Waals surface area contributed by atoms with Gasteiger partial charge >= 0.3 is 6.09 Å². The van der Waals surface area contributed by atoms with Gasteiger partial charge in [0.2, 0.25) is 5.95 Å². The number of aromatic nitrogens is 5. The third-order valence-corrected chi connectivity index (χ3v) is 7.63. The van der Waals surface area contributed by atoms with Gasteiger partial charge in [-0.1, -0.05) is 6.07 Å². The molecule has 1 amide bonds. The van der Waals surface area contributed by atoms with Crippen LogP contribution in [0.1, 0.15) is 50.4 Å². The van der Waals surface area contributed by atoms with Crippen LogP contribution in [0, 0.1) is 11.6 Å². The summed E-state index contributed by atoms with van der Waals surface area (Å²) in [7, 11) is 0. The summed E-state index contributed by atoms with van der Waals surface area (Å²) >= 11 is 0. The first-order chi connectivity index (χ1) is 18.2. The number of carboxylic acid groups (broad SMARTS) is 1. The summed E-state index contributed by atoms with van der Waals surface area (Å²) in [4.78, 5) is 29.9. The van der Waals surface area contributed by atoms with Crippen molar-refractivity contribution in [3.05, 3.63) is 59.7 Å². The first kappa shape index (κ1) is 24.2. The molecule has 2 N–H and O–H groups in total. The Morgan fingerprint density at radius 1 is 1.08 bits per heavy atom. The molecule has 2 aliphatic heterocycles. The van der Waals surface area contributed by atoms with Crippen molar-refractivity contribution in [3.8, 4) is 11.3 Å². The Labute approximate surface area is 217 Å². The number of halogens is 2. The minimum atomic E-state index is -0.889. The average Bonchev–Trinajstić information content (AvgIpc) is 3.43. The highest BCUT2D eigenvalue weighted by Crippen LogP contribution is 2.38. The van der Waals surface area contributed by atoms with Crippen LogP contribution in [0.3, 0.4) is 0 Å². The number of rotatable bonds is 4. The van der Waals surface area contributed by atoms with Crippen LogP contribution >= 0.6 is 0 Å². The van der Waals surface area contributed by atoms with Crippen molar-refractivity contribution in [1.82, 2.24) is 29.4 Å². The van der Waals surface area contributed by atoms with Gasteiger partial charge in [0.25, 0.3) is 0 Å². The van der Waals surface area contributed by atoms with Crippen molar-refractivity contribution in [2.75, 3.05) is 18.4 Å². The molecule has 6 rings (SSSR count). The lowest BCUT2D eigenvalue weighted by atomic mass is 9.91. The zero-order valence-electron chi connectivity index (χ0n) is 21.1. The van der Waals surface area contributed by atoms with E-state index in [1.54, 1.807) is 18.3 Å². The summed E-state index contributed by atoms with van der Waals surface area (Å²) in [5, 5.41) is 12.1. The van der Waals surface area contributed by atoms with Crippen LogP contribution in [-0.4, -0.2) is 53.7 Å². The molecule has 0 radical (unpaired) electrons. The maximum atomic E-state index is 15.1. The number of amides is 1. The molecule has 1 aromatic carbocycles. The summed E-state index contributed by atoms with van der Waals surface area (Å²) in [5.41, 5.74) is 2.01. The molecular formula is C27H27F2N7O2. The van der Waals surface area contributed by atoms with Gasteiger partial charge in [-0.2, -0.15) is 0 Å². The molecule has 0 bridgehead atoms. The predicted octanol–water partition coefficient (Wildman–Crippen LogP) is 5.45. The highest BCUT2D eigenvalue weighted by molar-refractivity contribution is 5.83. The van der Waals surface area contributed by atoms with Crippen molar-refractivity contribution in [3.63, 3.8) is 0 Å².